The third kappa shape index (κ3) is 1.58. The lowest BCUT2D eigenvalue weighted by molar-refractivity contribution is 0.134. The summed E-state index contributed by atoms with van der Waals surface area (Å²) in [6.07, 6.45) is -0.480. The van der Waals surface area contributed by atoms with Crippen molar-refractivity contribution >= 4 is 6.09 Å². The van der Waals surface area contributed by atoms with E-state index in [1.807, 2.05) is 38.1 Å². The number of alkyl carbamates (subject to hydrolysis) is 1. The molecule has 0 aliphatic carbocycles. The van der Waals surface area contributed by atoms with Crippen LogP contribution in [0, 0.1) is 6.92 Å². The van der Waals surface area contributed by atoms with E-state index >= 15 is 0 Å². The summed E-state index contributed by atoms with van der Waals surface area (Å²) in [5.41, 5.74) is 2.23. The lowest BCUT2D eigenvalue weighted by atomic mass is 10.0. The average Bonchev–Trinajstić information content (AvgIpc) is 2.45. The van der Waals surface area contributed by atoms with E-state index in [1.54, 1.807) is 0 Å². The van der Waals surface area contributed by atoms with Crippen LogP contribution >= 0.6 is 0 Å². The van der Waals surface area contributed by atoms with Crippen molar-refractivity contribution in [2.24, 2.45) is 0 Å². The van der Waals surface area contributed by atoms with Gasteiger partial charge in [-0.2, -0.15) is 0 Å². The number of nitrogens with one attached hydrogen (secondary N) is 1. The summed E-state index contributed by atoms with van der Waals surface area (Å²) in [6.45, 7) is 3.97. The molecule has 1 fully saturated rings. The van der Waals surface area contributed by atoms with E-state index in [1.165, 1.54) is 5.56 Å². The first-order valence-electron chi connectivity index (χ1n) is 4.70. The summed E-state index contributed by atoms with van der Waals surface area (Å²) in [4.78, 5) is 11.0. The third-order valence-electron chi connectivity index (χ3n) is 2.40. The van der Waals surface area contributed by atoms with Gasteiger partial charge in [0, 0.05) is 0 Å². The number of cyclic esters (lactones) is 1. The standard InChI is InChI=1S/C11H13NO2/c1-7-4-3-5-9(6-7)10-8(2)12-11(13)14-10/h3-6,8,10H,1-2H3,(H,12,13)/t8-,10-/m0/s1. The molecule has 0 radical (unpaired) electrons. The Hall–Kier alpha value is -1.51. The summed E-state index contributed by atoms with van der Waals surface area (Å²) in [7, 11) is 0. The Balaban J connectivity index is 2.27. The molecule has 1 N–H and O–H groups in total. The number of benzene rings is 1. The number of hydrogen-bond donors (Lipinski definition) is 1. The predicted octanol–water partition coefficient (Wildman–Crippen LogP) is 2.16. The highest BCUT2D eigenvalue weighted by atomic mass is 16.6. The minimum atomic E-state index is -0.330. The molecular weight excluding hydrogens is 178 g/mol. The summed E-state index contributed by atoms with van der Waals surface area (Å²) in [6, 6.07) is 8.07. The zero-order valence-corrected chi connectivity index (χ0v) is 8.28. The number of carbonyl (C=O) groups excluding carboxylic acids is 1. The molecule has 1 amide bonds. The fourth-order valence-electron chi connectivity index (χ4n) is 1.72. The van der Waals surface area contributed by atoms with Gasteiger partial charge >= 0.3 is 6.09 Å². The Morgan fingerprint density at radius 3 is 2.79 bits per heavy atom. The zero-order valence-electron chi connectivity index (χ0n) is 8.28. The van der Waals surface area contributed by atoms with Crippen molar-refractivity contribution in [1.29, 1.82) is 0 Å². The van der Waals surface area contributed by atoms with Crippen molar-refractivity contribution < 1.29 is 9.53 Å². The maximum absolute atomic E-state index is 11.0. The second kappa shape index (κ2) is 3.33. The second-order valence-corrected chi connectivity index (χ2v) is 3.67. The first-order chi connectivity index (χ1) is 6.66. The van der Waals surface area contributed by atoms with Gasteiger partial charge in [0.25, 0.3) is 0 Å². The summed E-state index contributed by atoms with van der Waals surface area (Å²) >= 11 is 0. The molecule has 1 aromatic rings. The highest BCUT2D eigenvalue weighted by molar-refractivity contribution is 5.70. The lowest BCUT2D eigenvalue weighted by Crippen LogP contribution is -2.23. The van der Waals surface area contributed by atoms with Crippen LogP contribution < -0.4 is 5.32 Å². The molecule has 1 heterocycles. The van der Waals surface area contributed by atoms with Gasteiger partial charge in [-0.25, -0.2) is 4.79 Å². The van der Waals surface area contributed by atoms with Crippen molar-refractivity contribution in [3.05, 3.63) is 35.4 Å². The molecular formula is C11H13NO2. The van der Waals surface area contributed by atoms with Crippen molar-refractivity contribution in [2.75, 3.05) is 0 Å². The topological polar surface area (TPSA) is 38.3 Å². The predicted molar refractivity (Wildman–Crippen MR) is 53.0 cm³/mol. The maximum atomic E-state index is 11.0. The van der Waals surface area contributed by atoms with E-state index in [4.69, 9.17) is 4.74 Å². The van der Waals surface area contributed by atoms with Crippen LogP contribution in [-0.2, 0) is 4.74 Å². The van der Waals surface area contributed by atoms with Crippen LogP contribution in [0.4, 0.5) is 4.79 Å². The molecule has 74 valence electrons. The molecule has 1 aromatic carbocycles. The highest BCUT2D eigenvalue weighted by Crippen LogP contribution is 2.26. The van der Waals surface area contributed by atoms with Crippen molar-refractivity contribution in [3.63, 3.8) is 0 Å². The number of amides is 1. The molecule has 3 nitrogen and oxygen atoms in total. The third-order valence-corrected chi connectivity index (χ3v) is 2.40. The highest BCUT2D eigenvalue weighted by Gasteiger charge is 2.31. The fourth-order valence-corrected chi connectivity index (χ4v) is 1.72. The Morgan fingerprint density at radius 2 is 2.21 bits per heavy atom. The SMILES string of the molecule is Cc1cccc([C@H]2OC(=O)N[C@H]2C)c1. The Morgan fingerprint density at radius 1 is 1.43 bits per heavy atom. The van der Waals surface area contributed by atoms with Crippen LogP contribution in [0.3, 0.4) is 0 Å². The quantitative estimate of drug-likeness (QED) is 0.738. The molecule has 2 atom stereocenters. The summed E-state index contributed by atoms with van der Waals surface area (Å²) in [5.74, 6) is 0. The molecule has 1 aliphatic heterocycles. The van der Waals surface area contributed by atoms with Crippen LogP contribution in [0.5, 0.6) is 0 Å². The van der Waals surface area contributed by atoms with E-state index in [0.29, 0.717) is 0 Å². The molecule has 0 aromatic heterocycles. The van der Waals surface area contributed by atoms with Crippen LogP contribution in [0.1, 0.15) is 24.2 Å². The molecule has 1 saturated heterocycles. The van der Waals surface area contributed by atoms with Gasteiger partial charge in [-0.05, 0) is 19.4 Å². The minimum absolute atomic E-state index is 0.0456. The van der Waals surface area contributed by atoms with E-state index in [0.717, 1.165) is 5.56 Å². The van der Waals surface area contributed by atoms with E-state index < -0.39 is 0 Å². The smallest absolute Gasteiger partial charge is 0.408 e. The maximum Gasteiger partial charge on any atom is 0.408 e. The van der Waals surface area contributed by atoms with Crippen LogP contribution in [0.2, 0.25) is 0 Å². The first-order valence-corrected chi connectivity index (χ1v) is 4.70. The summed E-state index contributed by atoms with van der Waals surface area (Å²) in [5, 5.41) is 2.72. The van der Waals surface area contributed by atoms with E-state index in [9.17, 15) is 4.79 Å². The average molecular weight is 191 g/mol. The van der Waals surface area contributed by atoms with Crippen LogP contribution in [0.15, 0.2) is 24.3 Å². The lowest BCUT2D eigenvalue weighted by Gasteiger charge is -2.13. The fraction of sp³-hybridized carbons (Fsp3) is 0.364. The Kier molecular flexibility index (Phi) is 2.15. The largest absolute Gasteiger partial charge is 0.439 e. The van der Waals surface area contributed by atoms with Gasteiger partial charge in [0.05, 0.1) is 6.04 Å². The van der Waals surface area contributed by atoms with Crippen molar-refractivity contribution in [1.82, 2.24) is 5.32 Å². The number of rotatable bonds is 1. The van der Waals surface area contributed by atoms with Gasteiger partial charge in [0.2, 0.25) is 0 Å². The zero-order chi connectivity index (χ0) is 10.1. The van der Waals surface area contributed by atoms with Gasteiger partial charge in [-0.1, -0.05) is 29.8 Å². The van der Waals surface area contributed by atoms with Crippen LogP contribution in [0.25, 0.3) is 0 Å². The van der Waals surface area contributed by atoms with Crippen LogP contribution in [-0.4, -0.2) is 12.1 Å². The number of hydrogen-bond acceptors (Lipinski definition) is 2. The van der Waals surface area contributed by atoms with E-state index in [2.05, 4.69) is 5.32 Å². The normalized spacial score (nSPS) is 25.7. The molecule has 14 heavy (non-hydrogen) atoms. The molecule has 0 spiro atoms. The monoisotopic (exact) mass is 191 g/mol. The number of carbonyl (C=O) groups is 1. The second-order valence-electron chi connectivity index (χ2n) is 3.67. The molecule has 0 saturated carbocycles. The van der Waals surface area contributed by atoms with Gasteiger partial charge < -0.3 is 10.1 Å². The van der Waals surface area contributed by atoms with E-state index in [-0.39, 0.29) is 18.2 Å². The molecule has 1 aliphatic rings. The van der Waals surface area contributed by atoms with Gasteiger partial charge in [0.1, 0.15) is 6.10 Å². The Bertz CT molecular complexity index is 362. The van der Waals surface area contributed by atoms with Gasteiger partial charge in [0.15, 0.2) is 0 Å². The van der Waals surface area contributed by atoms with Gasteiger partial charge in [-0.3, -0.25) is 0 Å². The number of ether oxygens (including phenoxy) is 1. The summed E-state index contributed by atoms with van der Waals surface area (Å²) < 4.78 is 5.16. The molecule has 3 heteroatoms. The minimum Gasteiger partial charge on any atom is -0.439 e. The Labute approximate surface area is 83.1 Å². The van der Waals surface area contributed by atoms with Crippen molar-refractivity contribution in [2.45, 2.75) is 26.0 Å². The molecule has 0 unspecified atom stereocenters. The number of aryl methyl sites for hydroxylation is 1. The first kappa shape index (κ1) is 9.06. The molecule has 0 bridgehead atoms. The molecule has 2 rings (SSSR count). The van der Waals surface area contributed by atoms with Gasteiger partial charge in [-0.15, -0.1) is 0 Å². The van der Waals surface area contributed by atoms with Crippen molar-refractivity contribution in [3.8, 4) is 0 Å².